The Morgan fingerprint density at radius 3 is 2.24 bits per heavy atom. The number of methoxy groups -OCH3 is 1. The van der Waals surface area contributed by atoms with Crippen LogP contribution in [0.3, 0.4) is 0 Å². The van der Waals surface area contributed by atoms with Crippen LogP contribution in [-0.2, 0) is 46.3 Å². The molecule has 2 saturated heterocycles. The minimum Gasteiger partial charge on any atom is -0.467 e. The number of amides is 2. The standard InChI is InChI=1S/C28H34N2O8/c1-18(31)29-23-22(36-26-24(23)37-28(2,3)38-26)16-30(27(33)35-17-20-13-9-6-10-14-20)21(25(32)34-4)15-19-11-7-5-8-12-19/h5-14,21-24,26H,15-17H2,1-4H3,(H,29,31)/t21?,22-,23+,24-,26-/m1/s1. The van der Waals surface area contributed by atoms with Gasteiger partial charge in [-0.25, -0.2) is 9.59 Å². The first-order valence-electron chi connectivity index (χ1n) is 12.5. The Morgan fingerprint density at radius 2 is 1.63 bits per heavy atom. The molecule has 2 aliphatic heterocycles. The molecule has 2 aromatic rings. The highest BCUT2D eigenvalue weighted by atomic mass is 16.8. The lowest BCUT2D eigenvalue weighted by molar-refractivity contribution is -0.209. The monoisotopic (exact) mass is 526 g/mol. The van der Waals surface area contributed by atoms with Gasteiger partial charge in [0, 0.05) is 13.3 Å². The van der Waals surface area contributed by atoms with Crippen molar-refractivity contribution >= 4 is 18.0 Å². The van der Waals surface area contributed by atoms with Gasteiger partial charge >= 0.3 is 12.1 Å². The number of hydrogen-bond acceptors (Lipinski definition) is 8. The summed E-state index contributed by atoms with van der Waals surface area (Å²) in [5, 5.41) is 2.87. The fourth-order valence-corrected chi connectivity index (χ4v) is 4.76. The minimum absolute atomic E-state index is 0.0156. The molecule has 0 saturated carbocycles. The predicted molar refractivity (Wildman–Crippen MR) is 136 cm³/mol. The van der Waals surface area contributed by atoms with Crippen molar-refractivity contribution in [3.63, 3.8) is 0 Å². The molecule has 10 heteroatoms. The molecule has 204 valence electrons. The molecule has 38 heavy (non-hydrogen) atoms. The number of ether oxygens (including phenoxy) is 5. The van der Waals surface area contributed by atoms with E-state index in [0.717, 1.165) is 11.1 Å². The van der Waals surface area contributed by atoms with Crippen molar-refractivity contribution in [3.8, 4) is 0 Å². The molecule has 0 aliphatic carbocycles. The highest BCUT2D eigenvalue weighted by Gasteiger charge is 2.56. The number of nitrogens with one attached hydrogen (secondary N) is 1. The SMILES string of the molecule is COC(=O)C(Cc1ccccc1)N(C[C@H]1O[C@@H]2OC(C)(C)O[C@@H]2[C@H]1NC(C)=O)C(=O)OCc1ccccc1. The number of carbonyl (C=O) groups is 3. The van der Waals surface area contributed by atoms with Gasteiger partial charge in [-0.1, -0.05) is 60.7 Å². The van der Waals surface area contributed by atoms with Crippen LogP contribution in [0.1, 0.15) is 31.9 Å². The number of fused-ring (bicyclic) bond motifs is 1. The van der Waals surface area contributed by atoms with Gasteiger partial charge in [0.25, 0.3) is 0 Å². The predicted octanol–water partition coefficient (Wildman–Crippen LogP) is 2.79. The summed E-state index contributed by atoms with van der Waals surface area (Å²) >= 11 is 0. The molecule has 2 aromatic carbocycles. The molecule has 10 nitrogen and oxygen atoms in total. The van der Waals surface area contributed by atoms with Crippen LogP contribution < -0.4 is 5.32 Å². The molecule has 1 N–H and O–H groups in total. The zero-order chi connectivity index (χ0) is 27.3. The van der Waals surface area contributed by atoms with Gasteiger partial charge < -0.3 is 29.0 Å². The molecule has 2 amide bonds. The van der Waals surface area contributed by atoms with Crippen LogP contribution in [0.15, 0.2) is 60.7 Å². The fourth-order valence-electron chi connectivity index (χ4n) is 4.76. The minimum atomic E-state index is -1.01. The second kappa shape index (κ2) is 11.9. The van der Waals surface area contributed by atoms with E-state index in [2.05, 4.69) is 5.32 Å². The molecule has 2 aliphatic rings. The number of nitrogens with zero attached hydrogens (tertiary/aromatic N) is 1. The number of benzene rings is 2. The topological polar surface area (TPSA) is 113 Å². The maximum Gasteiger partial charge on any atom is 0.410 e. The first-order valence-corrected chi connectivity index (χ1v) is 12.5. The third-order valence-electron chi connectivity index (χ3n) is 6.46. The van der Waals surface area contributed by atoms with Gasteiger partial charge in [-0.05, 0) is 25.0 Å². The maximum absolute atomic E-state index is 13.5. The molecule has 4 rings (SSSR count). The third-order valence-corrected chi connectivity index (χ3v) is 6.46. The highest BCUT2D eigenvalue weighted by Crippen LogP contribution is 2.38. The van der Waals surface area contributed by atoms with Gasteiger partial charge in [0.2, 0.25) is 5.91 Å². The largest absolute Gasteiger partial charge is 0.467 e. The van der Waals surface area contributed by atoms with Crippen molar-refractivity contribution in [1.29, 1.82) is 0 Å². The van der Waals surface area contributed by atoms with Crippen LogP contribution in [-0.4, -0.2) is 72.9 Å². The van der Waals surface area contributed by atoms with E-state index in [4.69, 9.17) is 23.7 Å². The number of carbonyl (C=O) groups excluding carboxylic acids is 3. The second-order valence-electron chi connectivity index (χ2n) is 9.79. The first-order chi connectivity index (χ1) is 18.2. The molecule has 1 unspecified atom stereocenters. The quantitative estimate of drug-likeness (QED) is 0.497. The van der Waals surface area contributed by atoms with E-state index in [0.29, 0.717) is 0 Å². The molecule has 0 aromatic heterocycles. The number of hydrogen-bond donors (Lipinski definition) is 1. The van der Waals surface area contributed by atoms with E-state index >= 15 is 0 Å². The van der Waals surface area contributed by atoms with Crippen LogP contribution in [0.4, 0.5) is 4.79 Å². The fraction of sp³-hybridized carbons (Fsp3) is 0.464. The van der Waals surface area contributed by atoms with Gasteiger partial charge in [-0.2, -0.15) is 0 Å². The van der Waals surface area contributed by atoms with E-state index in [1.54, 1.807) is 13.8 Å². The summed E-state index contributed by atoms with van der Waals surface area (Å²) in [4.78, 5) is 39.9. The molecule has 0 bridgehead atoms. The van der Waals surface area contributed by atoms with Crippen molar-refractivity contribution in [2.75, 3.05) is 13.7 Å². The molecular formula is C28H34N2O8. The van der Waals surface area contributed by atoms with Gasteiger partial charge in [0.1, 0.15) is 24.9 Å². The molecule has 5 atom stereocenters. The molecule has 0 radical (unpaired) electrons. The summed E-state index contributed by atoms with van der Waals surface area (Å²) in [7, 11) is 1.27. The third kappa shape index (κ3) is 6.69. The van der Waals surface area contributed by atoms with Crippen LogP contribution in [0.5, 0.6) is 0 Å². The lowest BCUT2D eigenvalue weighted by atomic mass is 10.0. The maximum atomic E-state index is 13.5. The van der Waals surface area contributed by atoms with Crippen molar-refractivity contribution in [2.24, 2.45) is 0 Å². The second-order valence-corrected chi connectivity index (χ2v) is 9.79. The zero-order valence-electron chi connectivity index (χ0n) is 22.0. The Kier molecular flexibility index (Phi) is 8.65. The molecular weight excluding hydrogens is 492 g/mol. The highest BCUT2D eigenvalue weighted by molar-refractivity contribution is 5.82. The zero-order valence-corrected chi connectivity index (χ0v) is 22.0. The van der Waals surface area contributed by atoms with Crippen molar-refractivity contribution in [1.82, 2.24) is 10.2 Å². The van der Waals surface area contributed by atoms with E-state index in [-0.39, 0.29) is 25.5 Å². The van der Waals surface area contributed by atoms with Gasteiger partial charge in [0.15, 0.2) is 12.1 Å². The summed E-state index contributed by atoms with van der Waals surface area (Å²) in [6, 6.07) is 16.9. The Hall–Kier alpha value is -3.47. The molecule has 2 heterocycles. The Balaban J connectivity index is 1.61. The van der Waals surface area contributed by atoms with Crippen molar-refractivity contribution in [3.05, 3.63) is 71.8 Å². The number of esters is 1. The lowest BCUT2D eigenvalue weighted by Gasteiger charge is -2.34. The van der Waals surface area contributed by atoms with Gasteiger partial charge in [-0.15, -0.1) is 0 Å². The summed E-state index contributed by atoms with van der Waals surface area (Å²) in [5.41, 5.74) is 1.63. The van der Waals surface area contributed by atoms with E-state index < -0.39 is 48.4 Å². The lowest BCUT2D eigenvalue weighted by Crippen LogP contribution is -2.55. The Morgan fingerprint density at radius 1 is 1.00 bits per heavy atom. The Labute approximate surface area is 222 Å². The summed E-state index contributed by atoms with van der Waals surface area (Å²) in [5.74, 6) is -1.79. The van der Waals surface area contributed by atoms with Crippen LogP contribution in [0.25, 0.3) is 0 Å². The summed E-state index contributed by atoms with van der Waals surface area (Å²) in [6.45, 7) is 4.85. The van der Waals surface area contributed by atoms with E-state index in [9.17, 15) is 14.4 Å². The van der Waals surface area contributed by atoms with Crippen molar-refractivity contribution < 1.29 is 38.1 Å². The van der Waals surface area contributed by atoms with E-state index in [1.165, 1.54) is 18.9 Å². The molecule has 0 spiro atoms. The first kappa shape index (κ1) is 27.6. The average Bonchev–Trinajstić information content (AvgIpc) is 3.36. The van der Waals surface area contributed by atoms with Crippen LogP contribution >= 0.6 is 0 Å². The Bertz CT molecular complexity index is 1110. The van der Waals surface area contributed by atoms with Crippen LogP contribution in [0, 0.1) is 0 Å². The van der Waals surface area contributed by atoms with Gasteiger partial charge in [-0.3, -0.25) is 9.69 Å². The van der Waals surface area contributed by atoms with Crippen molar-refractivity contribution in [2.45, 2.75) is 70.2 Å². The number of rotatable bonds is 9. The average molecular weight is 527 g/mol. The molecule has 2 fully saturated rings. The van der Waals surface area contributed by atoms with Crippen LogP contribution in [0.2, 0.25) is 0 Å². The summed E-state index contributed by atoms with van der Waals surface area (Å²) < 4.78 is 28.7. The normalized spacial score (nSPS) is 24.2. The smallest absolute Gasteiger partial charge is 0.410 e. The van der Waals surface area contributed by atoms with Gasteiger partial charge in [0.05, 0.1) is 19.7 Å². The summed E-state index contributed by atoms with van der Waals surface area (Å²) in [6.07, 6.45) is -2.61. The van der Waals surface area contributed by atoms with E-state index in [1.807, 2.05) is 60.7 Å².